The second-order valence-corrected chi connectivity index (χ2v) is 9.80. The molecule has 2 aromatic carbocycles. The van der Waals surface area contributed by atoms with E-state index in [-0.39, 0.29) is 5.91 Å². The zero-order valence-electron chi connectivity index (χ0n) is 19.5. The first-order valence-electron chi connectivity index (χ1n) is 12.1. The molecule has 0 bridgehead atoms. The van der Waals surface area contributed by atoms with E-state index in [1.165, 1.54) is 11.3 Å². The van der Waals surface area contributed by atoms with Crippen molar-refractivity contribution in [2.24, 2.45) is 0 Å². The monoisotopic (exact) mass is 488 g/mol. The van der Waals surface area contributed by atoms with E-state index < -0.39 is 0 Å². The smallest absolute Gasteiger partial charge is 0.275 e. The molecule has 35 heavy (non-hydrogen) atoms. The van der Waals surface area contributed by atoms with Crippen molar-refractivity contribution in [3.05, 3.63) is 65.8 Å². The maximum absolute atomic E-state index is 13.1. The largest absolute Gasteiger partial charge is 0.379 e. The summed E-state index contributed by atoms with van der Waals surface area (Å²) in [4.78, 5) is 22.7. The molecule has 0 unspecified atom stereocenters. The van der Waals surface area contributed by atoms with Gasteiger partial charge in [-0.1, -0.05) is 30.3 Å². The first kappa shape index (κ1) is 22.2. The molecule has 0 saturated carbocycles. The summed E-state index contributed by atoms with van der Waals surface area (Å²) in [6.45, 7) is 5.68. The fourth-order valence-corrected chi connectivity index (χ4v) is 5.82. The molecule has 6 rings (SSSR count). The van der Waals surface area contributed by atoms with Crippen LogP contribution in [0.25, 0.3) is 16.0 Å². The summed E-state index contributed by atoms with van der Waals surface area (Å²) in [5.41, 5.74) is 3.25. The number of amides is 1. The Labute approximate surface area is 208 Å². The van der Waals surface area contributed by atoms with Crippen molar-refractivity contribution >= 4 is 39.5 Å². The molecule has 1 amide bonds. The average Bonchev–Trinajstić information content (AvgIpc) is 3.57. The van der Waals surface area contributed by atoms with Gasteiger partial charge in [0.2, 0.25) is 5.13 Å². The number of piperidine rings is 1. The topological polar surface area (TPSA) is 75.5 Å². The lowest BCUT2D eigenvalue weighted by atomic mass is 10.0. The van der Waals surface area contributed by atoms with Crippen LogP contribution in [0.2, 0.25) is 0 Å². The first-order valence-corrected chi connectivity index (χ1v) is 13.0. The van der Waals surface area contributed by atoms with E-state index in [1.54, 1.807) is 10.1 Å². The molecule has 2 aliphatic rings. The molecule has 4 aromatic rings. The van der Waals surface area contributed by atoms with Crippen LogP contribution in [-0.4, -0.2) is 71.0 Å². The molecule has 0 atom stereocenters. The van der Waals surface area contributed by atoms with Crippen molar-refractivity contribution in [3.8, 4) is 5.13 Å². The standard InChI is InChI=1S/C26H28N6O2S/c33-25(22-18-35-26(29-22)32-23-7-3-1-5-19(23)17-27-32)28-21-6-2-4-8-24(21)31-11-9-20(10-12-31)30-13-15-34-16-14-30/h1-8,17-18,20H,9-16H2,(H,28,33). The Morgan fingerprint density at radius 3 is 2.63 bits per heavy atom. The zero-order chi connectivity index (χ0) is 23.6. The fraction of sp³-hybridized carbons (Fsp3) is 0.346. The van der Waals surface area contributed by atoms with Gasteiger partial charge in [0.15, 0.2) is 0 Å². The third kappa shape index (κ3) is 4.54. The van der Waals surface area contributed by atoms with E-state index in [0.29, 0.717) is 16.9 Å². The van der Waals surface area contributed by atoms with E-state index in [2.05, 4.69) is 31.3 Å². The maximum Gasteiger partial charge on any atom is 0.275 e. The fourth-order valence-electron chi connectivity index (χ4n) is 5.05. The Bertz CT molecular complexity index is 1320. The van der Waals surface area contributed by atoms with Crippen LogP contribution in [0.5, 0.6) is 0 Å². The van der Waals surface area contributed by atoms with E-state index in [9.17, 15) is 4.79 Å². The molecule has 2 fully saturated rings. The summed E-state index contributed by atoms with van der Waals surface area (Å²) in [5, 5.41) is 11.1. The summed E-state index contributed by atoms with van der Waals surface area (Å²) in [5.74, 6) is -0.209. The minimum Gasteiger partial charge on any atom is -0.379 e. The Balaban J connectivity index is 1.15. The molecule has 2 saturated heterocycles. The predicted molar refractivity (Wildman–Crippen MR) is 139 cm³/mol. The second-order valence-electron chi connectivity index (χ2n) is 8.97. The number of thiazole rings is 1. The molecule has 180 valence electrons. The number of nitrogens with zero attached hydrogens (tertiary/aromatic N) is 5. The summed E-state index contributed by atoms with van der Waals surface area (Å²) < 4.78 is 7.29. The number of aromatic nitrogens is 3. The number of carbonyl (C=O) groups is 1. The van der Waals surface area contributed by atoms with Gasteiger partial charge in [0.1, 0.15) is 5.69 Å². The second kappa shape index (κ2) is 9.77. The molecule has 4 heterocycles. The number of fused-ring (bicyclic) bond motifs is 1. The molecule has 0 radical (unpaired) electrons. The summed E-state index contributed by atoms with van der Waals surface area (Å²) in [6, 6.07) is 16.6. The number of benzene rings is 2. The molecule has 0 spiro atoms. The highest BCUT2D eigenvalue weighted by Gasteiger charge is 2.27. The normalized spacial score (nSPS) is 17.7. The Morgan fingerprint density at radius 2 is 1.77 bits per heavy atom. The lowest BCUT2D eigenvalue weighted by Gasteiger charge is -2.41. The van der Waals surface area contributed by atoms with Crippen LogP contribution in [0.3, 0.4) is 0 Å². The molecular formula is C26H28N6O2S. The minimum atomic E-state index is -0.209. The number of hydrogen-bond acceptors (Lipinski definition) is 7. The maximum atomic E-state index is 13.1. The number of hydrogen-bond donors (Lipinski definition) is 1. The van der Waals surface area contributed by atoms with Gasteiger partial charge in [0, 0.05) is 43.0 Å². The van der Waals surface area contributed by atoms with Gasteiger partial charge < -0.3 is 15.0 Å². The number of para-hydroxylation sites is 3. The van der Waals surface area contributed by atoms with Crippen molar-refractivity contribution in [1.82, 2.24) is 19.7 Å². The Morgan fingerprint density at radius 1 is 1.00 bits per heavy atom. The number of carbonyl (C=O) groups excluding carboxylic acids is 1. The van der Waals surface area contributed by atoms with E-state index >= 15 is 0 Å². The minimum absolute atomic E-state index is 0.209. The van der Waals surface area contributed by atoms with Crippen LogP contribution in [0.1, 0.15) is 23.3 Å². The lowest BCUT2D eigenvalue weighted by Crippen LogP contribution is -2.49. The molecule has 1 N–H and O–H groups in total. The van der Waals surface area contributed by atoms with E-state index in [1.807, 2.05) is 48.7 Å². The lowest BCUT2D eigenvalue weighted by molar-refractivity contribution is 0.0115. The predicted octanol–water partition coefficient (Wildman–Crippen LogP) is 4.04. The highest BCUT2D eigenvalue weighted by atomic mass is 32.1. The Hall–Kier alpha value is -3.27. The van der Waals surface area contributed by atoms with Crippen LogP contribution in [0.4, 0.5) is 11.4 Å². The highest BCUT2D eigenvalue weighted by molar-refractivity contribution is 7.12. The Kier molecular flexibility index (Phi) is 6.20. The average molecular weight is 489 g/mol. The molecule has 0 aliphatic carbocycles. The van der Waals surface area contributed by atoms with Crippen molar-refractivity contribution in [2.75, 3.05) is 49.6 Å². The van der Waals surface area contributed by atoms with Crippen molar-refractivity contribution in [2.45, 2.75) is 18.9 Å². The third-order valence-corrected chi connectivity index (χ3v) is 7.72. The van der Waals surface area contributed by atoms with Crippen molar-refractivity contribution < 1.29 is 9.53 Å². The van der Waals surface area contributed by atoms with Gasteiger partial charge in [-0.15, -0.1) is 11.3 Å². The molecule has 2 aliphatic heterocycles. The van der Waals surface area contributed by atoms with Gasteiger partial charge in [-0.2, -0.15) is 5.10 Å². The highest BCUT2D eigenvalue weighted by Crippen LogP contribution is 2.30. The summed E-state index contributed by atoms with van der Waals surface area (Å²) in [7, 11) is 0. The van der Waals surface area contributed by atoms with Gasteiger partial charge >= 0.3 is 0 Å². The van der Waals surface area contributed by atoms with Crippen LogP contribution >= 0.6 is 11.3 Å². The molecule has 9 heteroatoms. The van der Waals surface area contributed by atoms with Crippen LogP contribution in [-0.2, 0) is 4.74 Å². The summed E-state index contributed by atoms with van der Waals surface area (Å²) >= 11 is 1.41. The number of anilines is 2. The van der Waals surface area contributed by atoms with Gasteiger partial charge in [0.05, 0.1) is 36.3 Å². The number of morpholine rings is 1. The number of ether oxygens (including phenoxy) is 1. The first-order chi connectivity index (χ1) is 17.3. The SMILES string of the molecule is O=C(Nc1ccccc1N1CCC(N2CCOCC2)CC1)c1csc(-n2ncc3ccccc32)n1. The third-order valence-electron chi connectivity index (χ3n) is 6.90. The number of nitrogens with one attached hydrogen (secondary N) is 1. The van der Waals surface area contributed by atoms with Crippen LogP contribution in [0, 0.1) is 0 Å². The van der Waals surface area contributed by atoms with Gasteiger partial charge in [-0.05, 0) is 31.0 Å². The van der Waals surface area contributed by atoms with Gasteiger partial charge in [-0.3, -0.25) is 9.69 Å². The van der Waals surface area contributed by atoms with Crippen LogP contribution in [0.15, 0.2) is 60.1 Å². The number of rotatable bonds is 5. The molecular weight excluding hydrogens is 460 g/mol. The quantitative estimate of drug-likeness (QED) is 0.457. The van der Waals surface area contributed by atoms with Crippen LogP contribution < -0.4 is 10.2 Å². The molecule has 2 aromatic heterocycles. The summed E-state index contributed by atoms with van der Waals surface area (Å²) in [6.07, 6.45) is 4.06. The zero-order valence-corrected chi connectivity index (χ0v) is 20.3. The van der Waals surface area contributed by atoms with Gasteiger partial charge in [0.25, 0.3) is 5.91 Å². The van der Waals surface area contributed by atoms with E-state index in [0.717, 1.165) is 74.5 Å². The van der Waals surface area contributed by atoms with Gasteiger partial charge in [-0.25, -0.2) is 9.67 Å². The van der Waals surface area contributed by atoms with Crippen molar-refractivity contribution in [1.29, 1.82) is 0 Å². The van der Waals surface area contributed by atoms with E-state index in [4.69, 9.17) is 4.74 Å². The van der Waals surface area contributed by atoms with Crippen molar-refractivity contribution in [3.63, 3.8) is 0 Å². The molecule has 8 nitrogen and oxygen atoms in total.